The van der Waals surface area contributed by atoms with Gasteiger partial charge in [0.1, 0.15) is 0 Å². The Morgan fingerprint density at radius 3 is 2.22 bits per heavy atom. The fraction of sp³-hybridized carbons (Fsp3) is 0.286. The SMILES string of the molecule is Cc1cc(C)c2c(c1)c(-c1ccccc1)c(-c1ccccc1)n2C[C@@H](O)CNCCCO. The second-order valence-corrected chi connectivity index (χ2v) is 8.48. The molecule has 4 rings (SSSR count). The number of rotatable bonds is 9. The molecule has 1 atom stereocenters. The molecule has 0 amide bonds. The fourth-order valence-corrected chi connectivity index (χ4v) is 4.61. The van der Waals surface area contributed by atoms with E-state index in [0.717, 1.165) is 11.3 Å². The quantitative estimate of drug-likeness (QED) is 0.332. The van der Waals surface area contributed by atoms with Crippen LogP contribution in [-0.2, 0) is 6.54 Å². The Bertz CT molecular complexity index is 1170. The Kier molecular flexibility index (Phi) is 7.05. The number of nitrogens with one attached hydrogen (secondary N) is 1. The summed E-state index contributed by atoms with van der Waals surface area (Å²) in [4.78, 5) is 0. The molecule has 0 spiro atoms. The number of fused-ring (bicyclic) bond motifs is 1. The van der Waals surface area contributed by atoms with Gasteiger partial charge in [-0.2, -0.15) is 0 Å². The third-order valence-corrected chi connectivity index (χ3v) is 5.89. The summed E-state index contributed by atoms with van der Waals surface area (Å²) in [7, 11) is 0. The molecule has 1 aromatic heterocycles. The molecule has 4 aromatic rings. The molecule has 4 nitrogen and oxygen atoms in total. The Morgan fingerprint density at radius 2 is 1.56 bits per heavy atom. The molecule has 0 aliphatic heterocycles. The number of nitrogens with zero attached hydrogens (tertiary/aromatic N) is 1. The van der Waals surface area contributed by atoms with E-state index in [2.05, 4.69) is 84.4 Å². The zero-order valence-corrected chi connectivity index (χ0v) is 18.9. The second kappa shape index (κ2) is 10.1. The summed E-state index contributed by atoms with van der Waals surface area (Å²) in [6, 6.07) is 25.5. The molecule has 0 fully saturated rings. The van der Waals surface area contributed by atoms with Gasteiger partial charge in [0, 0.05) is 24.1 Å². The van der Waals surface area contributed by atoms with Gasteiger partial charge < -0.3 is 20.1 Å². The molecule has 0 saturated carbocycles. The van der Waals surface area contributed by atoms with Crippen LogP contribution >= 0.6 is 0 Å². The molecule has 0 unspecified atom stereocenters. The Hall–Kier alpha value is -2.92. The van der Waals surface area contributed by atoms with Crippen molar-refractivity contribution in [2.75, 3.05) is 19.7 Å². The lowest BCUT2D eigenvalue weighted by Crippen LogP contribution is -2.31. The van der Waals surface area contributed by atoms with E-state index >= 15 is 0 Å². The molecule has 0 aliphatic carbocycles. The molecular formula is C28H32N2O2. The highest BCUT2D eigenvalue weighted by Gasteiger charge is 2.23. The summed E-state index contributed by atoms with van der Waals surface area (Å²) in [5.74, 6) is 0. The van der Waals surface area contributed by atoms with Crippen molar-refractivity contribution >= 4 is 10.9 Å². The van der Waals surface area contributed by atoms with Crippen molar-refractivity contribution in [2.45, 2.75) is 32.9 Å². The third-order valence-electron chi connectivity index (χ3n) is 5.89. The van der Waals surface area contributed by atoms with Crippen molar-refractivity contribution < 1.29 is 10.2 Å². The van der Waals surface area contributed by atoms with Crippen molar-refractivity contribution in [1.82, 2.24) is 9.88 Å². The molecule has 166 valence electrons. The monoisotopic (exact) mass is 428 g/mol. The molecule has 3 N–H and O–H groups in total. The van der Waals surface area contributed by atoms with Crippen molar-refractivity contribution in [3.63, 3.8) is 0 Å². The molecule has 0 saturated heterocycles. The number of aryl methyl sites for hydroxylation is 2. The standard InChI is InChI=1S/C28H32N2O2/c1-20-16-21(2)27-25(17-20)26(22-10-5-3-6-11-22)28(23-12-7-4-8-13-23)30(27)19-24(32)18-29-14-9-15-31/h3-8,10-13,16-17,24,29,31-32H,9,14-15,18-19H2,1-2H3/t24-/m0/s1. The average Bonchev–Trinajstić information content (AvgIpc) is 3.11. The van der Waals surface area contributed by atoms with Crippen molar-refractivity contribution in [3.8, 4) is 22.4 Å². The summed E-state index contributed by atoms with van der Waals surface area (Å²) in [5, 5.41) is 24.4. The molecule has 3 aromatic carbocycles. The van der Waals surface area contributed by atoms with Gasteiger partial charge in [0.2, 0.25) is 0 Å². The van der Waals surface area contributed by atoms with Crippen molar-refractivity contribution in [2.24, 2.45) is 0 Å². The normalized spacial score (nSPS) is 12.4. The molecule has 0 aliphatic rings. The number of hydrogen-bond donors (Lipinski definition) is 3. The van der Waals surface area contributed by atoms with E-state index in [1.807, 2.05) is 12.1 Å². The van der Waals surface area contributed by atoms with E-state index < -0.39 is 6.10 Å². The zero-order valence-electron chi connectivity index (χ0n) is 18.9. The predicted octanol–water partition coefficient (Wildman–Crippen LogP) is 4.93. The second-order valence-electron chi connectivity index (χ2n) is 8.48. The minimum atomic E-state index is -0.545. The van der Waals surface area contributed by atoms with E-state index in [-0.39, 0.29) is 6.61 Å². The Labute approximate surface area is 190 Å². The summed E-state index contributed by atoms with van der Waals surface area (Å²) in [6.45, 7) is 6.12. The van der Waals surface area contributed by atoms with Gasteiger partial charge >= 0.3 is 0 Å². The highest BCUT2D eigenvalue weighted by molar-refractivity contribution is 6.06. The summed E-state index contributed by atoms with van der Waals surface area (Å²) in [6.07, 6.45) is 0.140. The van der Waals surface area contributed by atoms with E-state index in [0.29, 0.717) is 26.1 Å². The largest absolute Gasteiger partial charge is 0.396 e. The van der Waals surface area contributed by atoms with Gasteiger partial charge in [0.15, 0.2) is 0 Å². The molecule has 0 bridgehead atoms. The van der Waals surface area contributed by atoms with Crippen LogP contribution in [0.1, 0.15) is 17.5 Å². The number of aliphatic hydroxyl groups excluding tert-OH is 2. The fourth-order valence-electron chi connectivity index (χ4n) is 4.61. The van der Waals surface area contributed by atoms with Gasteiger partial charge in [-0.05, 0) is 49.6 Å². The first-order valence-electron chi connectivity index (χ1n) is 11.3. The maximum atomic E-state index is 10.9. The van der Waals surface area contributed by atoms with E-state index in [9.17, 15) is 5.11 Å². The molecular weight excluding hydrogens is 396 g/mol. The van der Waals surface area contributed by atoms with Crippen LogP contribution in [0.3, 0.4) is 0 Å². The van der Waals surface area contributed by atoms with Gasteiger partial charge in [-0.15, -0.1) is 0 Å². The number of aromatic nitrogens is 1. The molecule has 4 heteroatoms. The maximum absolute atomic E-state index is 10.9. The highest BCUT2D eigenvalue weighted by atomic mass is 16.3. The van der Waals surface area contributed by atoms with E-state index in [4.69, 9.17) is 5.11 Å². The minimum absolute atomic E-state index is 0.155. The highest BCUT2D eigenvalue weighted by Crippen LogP contribution is 2.42. The molecule has 0 radical (unpaired) electrons. The van der Waals surface area contributed by atoms with Gasteiger partial charge in [-0.3, -0.25) is 0 Å². The van der Waals surface area contributed by atoms with Crippen molar-refractivity contribution in [1.29, 1.82) is 0 Å². The first-order valence-corrected chi connectivity index (χ1v) is 11.3. The number of benzene rings is 3. The topological polar surface area (TPSA) is 57.4 Å². The van der Waals surface area contributed by atoms with Gasteiger partial charge in [-0.1, -0.05) is 72.3 Å². The van der Waals surface area contributed by atoms with Crippen LogP contribution < -0.4 is 5.32 Å². The molecule has 32 heavy (non-hydrogen) atoms. The van der Waals surface area contributed by atoms with Crippen LogP contribution in [0.5, 0.6) is 0 Å². The van der Waals surface area contributed by atoms with Crippen LogP contribution in [-0.4, -0.2) is 40.6 Å². The Morgan fingerprint density at radius 1 is 0.906 bits per heavy atom. The average molecular weight is 429 g/mol. The maximum Gasteiger partial charge on any atom is 0.0843 e. The zero-order chi connectivity index (χ0) is 22.5. The smallest absolute Gasteiger partial charge is 0.0843 e. The van der Waals surface area contributed by atoms with Crippen LogP contribution in [0.25, 0.3) is 33.3 Å². The lowest BCUT2D eigenvalue weighted by Gasteiger charge is -2.18. The van der Waals surface area contributed by atoms with Crippen LogP contribution in [0.2, 0.25) is 0 Å². The summed E-state index contributed by atoms with van der Waals surface area (Å²) in [5.41, 5.74) is 8.27. The van der Waals surface area contributed by atoms with Gasteiger partial charge in [-0.25, -0.2) is 0 Å². The molecule has 1 heterocycles. The minimum Gasteiger partial charge on any atom is -0.396 e. The van der Waals surface area contributed by atoms with Crippen LogP contribution in [0, 0.1) is 13.8 Å². The lowest BCUT2D eigenvalue weighted by atomic mass is 9.97. The predicted molar refractivity (Wildman–Crippen MR) is 133 cm³/mol. The van der Waals surface area contributed by atoms with Gasteiger partial charge in [0.25, 0.3) is 0 Å². The Balaban J connectivity index is 1.91. The van der Waals surface area contributed by atoms with Crippen molar-refractivity contribution in [3.05, 3.63) is 83.9 Å². The lowest BCUT2D eigenvalue weighted by molar-refractivity contribution is 0.152. The third kappa shape index (κ3) is 4.63. The van der Waals surface area contributed by atoms with Crippen LogP contribution in [0.4, 0.5) is 0 Å². The van der Waals surface area contributed by atoms with E-state index in [1.165, 1.54) is 33.2 Å². The first kappa shape index (κ1) is 22.3. The van der Waals surface area contributed by atoms with Gasteiger partial charge in [0.05, 0.1) is 23.9 Å². The number of aliphatic hydroxyl groups is 2. The number of hydrogen-bond acceptors (Lipinski definition) is 3. The first-order chi connectivity index (χ1) is 15.6. The van der Waals surface area contributed by atoms with Crippen LogP contribution in [0.15, 0.2) is 72.8 Å². The summed E-state index contributed by atoms with van der Waals surface area (Å²) < 4.78 is 2.29. The van der Waals surface area contributed by atoms with E-state index in [1.54, 1.807) is 0 Å². The summed E-state index contributed by atoms with van der Waals surface area (Å²) >= 11 is 0.